The Hall–Kier alpha value is -2.75. The number of oxazole rings is 1. The first-order valence-electron chi connectivity index (χ1n) is 8.60. The molecule has 0 aliphatic carbocycles. The number of methoxy groups -OCH3 is 1. The minimum atomic E-state index is -1.10. The maximum absolute atomic E-state index is 11.3. The zero-order valence-corrected chi connectivity index (χ0v) is 16.0. The molecule has 1 aromatic heterocycles. The lowest BCUT2D eigenvalue weighted by Crippen LogP contribution is -2.55. The van der Waals surface area contributed by atoms with Crippen LogP contribution in [0.4, 0.5) is 5.69 Å². The van der Waals surface area contributed by atoms with Gasteiger partial charge in [0.15, 0.2) is 11.2 Å². The number of nitro groups is 1. The number of hydrogen-bond acceptors (Lipinski definition) is 7. The fraction of sp³-hybridized carbons (Fsp3) is 0.316. The SMILES string of the molecule is COC[C@@]1(C)Oc2ccc([N+](=O)[O-])cc2[C@H](n2c(=S)oc3ccccc32)[C@H]1O. The number of non-ortho nitro benzene ring substituents is 1. The molecule has 0 radical (unpaired) electrons. The first-order chi connectivity index (χ1) is 13.4. The van der Waals surface area contributed by atoms with Crippen LogP contribution < -0.4 is 4.74 Å². The summed E-state index contributed by atoms with van der Waals surface area (Å²) in [5, 5.41) is 22.6. The average molecular weight is 402 g/mol. The van der Waals surface area contributed by atoms with E-state index in [9.17, 15) is 15.2 Å². The fourth-order valence-electron chi connectivity index (χ4n) is 3.72. The molecule has 2 heterocycles. The highest BCUT2D eigenvalue weighted by atomic mass is 32.1. The second-order valence-electron chi connectivity index (χ2n) is 6.92. The molecule has 146 valence electrons. The van der Waals surface area contributed by atoms with Gasteiger partial charge in [0.1, 0.15) is 11.9 Å². The molecule has 3 aromatic rings. The number of para-hydroxylation sites is 2. The molecule has 0 saturated carbocycles. The second-order valence-corrected chi connectivity index (χ2v) is 7.27. The van der Waals surface area contributed by atoms with Crippen LogP contribution in [-0.4, -0.2) is 40.0 Å². The van der Waals surface area contributed by atoms with E-state index >= 15 is 0 Å². The first kappa shape index (κ1) is 18.6. The number of aromatic nitrogens is 1. The van der Waals surface area contributed by atoms with Crippen LogP contribution in [0.25, 0.3) is 11.1 Å². The standard InChI is InChI=1S/C19H18N2O6S/c1-19(10-25-2)17(22)16(12-9-11(21(23)24)7-8-14(12)27-19)20-13-5-3-4-6-15(13)26-18(20)28/h3-9,16-17,22H,10H2,1-2H3/t16-,17+,19+/m0/s1. The minimum Gasteiger partial charge on any atom is -0.482 e. The Morgan fingerprint density at radius 2 is 2.11 bits per heavy atom. The molecule has 2 aromatic carbocycles. The molecule has 1 aliphatic rings. The van der Waals surface area contributed by atoms with Gasteiger partial charge in [-0.15, -0.1) is 0 Å². The maximum Gasteiger partial charge on any atom is 0.270 e. The van der Waals surface area contributed by atoms with E-state index in [1.54, 1.807) is 17.6 Å². The van der Waals surface area contributed by atoms with Crippen LogP contribution in [0.5, 0.6) is 5.75 Å². The van der Waals surface area contributed by atoms with Crippen LogP contribution in [0.3, 0.4) is 0 Å². The summed E-state index contributed by atoms with van der Waals surface area (Å²) in [6, 6.07) is 10.8. The molecule has 1 N–H and O–H groups in total. The summed E-state index contributed by atoms with van der Waals surface area (Å²) in [4.78, 5) is 11.0. The van der Waals surface area contributed by atoms with Gasteiger partial charge in [0.25, 0.3) is 10.5 Å². The number of nitrogens with zero attached hydrogens (tertiary/aromatic N) is 2. The summed E-state index contributed by atoms with van der Waals surface area (Å²) in [6.45, 7) is 1.84. The van der Waals surface area contributed by atoms with E-state index in [1.807, 2.05) is 18.2 Å². The molecule has 3 atom stereocenters. The third kappa shape index (κ3) is 2.79. The molecule has 28 heavy (non-hydrogen) atoms. The molecule has 0 fully saturated rings. The van der Waals surface area contributed by atoms with Gasteiger partial charge < -0.3 is 19.0 Å². The van der Waals surface area contributed by atoms with Crippen LogP contribution in [0, 0.1) is 15.0 Å². The Labute approximate surface area is 165 Å². The summed E-state index contributed by atoms with van der Waals surface area (Å²) in [6.07, 6.45) is -1.10. The number of rotatable bonds is 4. The summed E-state index contributed by atoms with van der Waals surface area (Å²) in [5.41, 5.74) is 0.504. The number of hydrogen-bond donors (Lipinski definition) is 1. The number of aliphatic hydroxyl groups excluding tert-OH is 1. The van der Waals surface area contributed by atoms with Gasteiger partial charge in [0.05, 0.1) is 23.1 Å². The van der Waals surface area contributed by atoms with Crippen molar-refractivity contribution in [2.24, 2.45) is 0 Å². The number of aliphatic hydroxyl groups is 1. The fourth-order valence-corrected chi connectivity index (χ4v) is 4.02. The van der Waals surface area contributed by atoms with Gasteiger partial charge in [-0.2, -0.15) is 0 Å². The zero-order chi connectivity index (χ0) is 20.1. The van der Waals surface area contributed by atoms with Gasteiger partial charge in [0, 0.05) is 24.8 Å². The van der Waals surface area contributed by atoms with E-state index in [1.165, 1.54) is 25.3 Å². The van der Waals surface area contributed by atoms with Crippen molar-refractivity contribution in [3.63, 3.8) is 0 Å². The topological polar surface area (TPSA) is 99.9 Å². The summed E-state index contributed by atoms with van der Waals surface area (Å²) in [7, 11) is 1.51. The van der Waals surface area contributed by atoms with Crippen molar-refractivity contribution in [3.8, 4) is 5.75 Å². The van der Waals surface area contributed by atoms with Crippen LogP contribution in [0.1, 0.15) is 18.5 Å². The van der Waals surface area contributed by atoms with Crippen molar-refractivity contribution in [2.45, 2.75) is 24.7 Å². The van der Waals surface area contributed by atoms with Crippen LogP contribution in [-0.2, 0) is 4.74 Å². The van der Waals surface area contributed by atoms with Crippen molar-refractivity contribution >= 4 is 29.0 Å². The summed E-state index contributed by atoms with van der Waals surface area (Å²) < 4.78 is 18.6. The van der Waals surface area contributed by atoms with E-state index in [4.69, 9.17) is 26.1 Å². The molecule has 0 unspecified atom stereocenters. The van der Waals surface area contributed by atoms with Crippen LogP contribution in [0.2, 0.25) is 0 Å². The normalized spacial score (nSPS) is 24.0. The quantitative estimate of drug-likeness (QED) is 0.404. The van der Waals surface area contributed by atoms with Gasteiger partial charge >= 0.3 is 0 Å². The lowest BCUT2D eigenvalue weighted by molar-refractivity contribution is -0.385. The van der Waals surface area contributed by atoms with Gasteiger partial charge in [-0.25, -0.2) is 0 Å². The highest BCUT2D eigenvalue weighted by molar-refractivity contribution is 7.71. The Balaban J connectivity index is 2.00. The number of nitro benzene ring substituents is 1. The molecule has 0 saturated heterocycles. The molecule has 0 spiro atoms. The van der Waals surface area contributed by atoms with Crippen molar-refractivity contribution in [3.05, 3.63) is 63.0 Å². The highest BCUT2D eigenvalue weighted by Crippen LogP contribution is 2.45. The first-order valence-corrected chi connectivity index (χ1v) is 9.01. The number of fused-ring (bicyclic) bond motifs is 2. The number of ether oxygens (including phenoxy) is 2. The van der Waals surface area contributed by atoms with E-state index in [2.05, 4.69) is 0 Å². The molecule has 8 nitrogen and oxygen atoms in total. The highest BCUT2D eigenvalue weighted by Gasteiger charge is 2.48. The van der Waals surface area contributed by atoms with Gasteiger partial charge in [-0.1, -0.05) is 12.1 Å². The molecule has 0 amide bonds. The summed E-state index contributed by atoms with van der Waals surface area (Å²) in [5.74, 6) is 0.424. The van der Waals surface area contributed by atoms with Crippen molar-refractivity contribution in [1.29, 1.82) is 0 Å². The zero-order valence-electron chi connectivity index (χ0n) is 15.2. The maximum atomic E-state index is 11.3. The Morgan fingerprint density at radius 3 is 2.82 bits per heavy atom. The monoisotopic (exact) mass is 402 g/mol. The largest absolute Gasteiger partial charge is 0.482 e. The Morgan fingerprint density at radius 1 is 1.36 bits per heavy atom. The third-order valence-corrected chi connectivity index (χ3v) is 5.30. The lowest BCUT2D eigenvalue weighted by atomic mass is 9.85. The van der Waals surface area contributed by atoms with Crippen molar-refractivity contribution < 1.29 is 23.9 Å². The minimum absolute atomic E-state index is 0.103. The smallest absolute Gasteiger partial charge is 0.270 e. The molecule has 9 heteroatoms. The van der Waals surface area contributed by atoms with Crippen LogP contribution >= 0.6 is 12.2 Å². The van der Waals surface area contributed by atoms with E-state index in [0.29, 0.717) is 22.4 Å². The van der Waals surface area contributed by atoms with Crippen molar-refractivity contribution in [1.82, 2.24) is 4.57 Å². The number of benzene rings is 2. The average Bonchev–Trinajstić information content (AvgIpc) is 2.98. The Kier molecular flexibility index (Phi) is 4.45. The van der Waals surface area contributed by atoms with Crippen LogP contribution in [0.15, 0.2) is 46.9 Å². The summed E-state index contributed by atoms with van der Waals surface area (Å²) >= 11 is 5.42. The van der Waals surface area contributed by atoms with Crippen molar-refractivity contribution in [2.75, 3.05) is 13.7 Å². The van der Waals surface area contributed by atoms with Gasteiger partial charge in [-0.05, 0) is 37.3 Å². The predicted octanol–water partition coefficient (Wildman–Crippen LogP) is 3.62. The second kappa shape index (κ2) is 6.69. The molecular weight excluding hydrogens is 384 g/mol. The molecule has 1 aliphatic heterocycles. The van der Waals surface area contributed by atoms with E-state index in [0.717, 1.165) is 0 Å². The Bertz CT molecular complexity index is 1120. The van der Waals surface area contributed by atoms with Gasteiger partial charge in [0.2, 0.25) is 0 Å². The van der Waals surface area contributed by atoms with Gasteiger partial charge in [-0.3, -0.25) is 14.7 Å². The third-order valence-electron chi connectivity index (χ3n) is 5.02. The lowest BCUT2D eigenvalue weighted by Gasteiger charge is -2.43. The predicted molar refractivity (Wildman–Crippen MR) is 103 cm³/mol. The van der Waals surface area contributed by atoms with E-state index < -0.39 is 22.7 Å². The molecule has 0 bridgehead atoms. The molecule has 4 rings (SSSR count). The molecular formula is C19H18N2O6S. The van der Waals surface area contributed by atoms with E-state index in [-0.39, 0.29) is 17.1 Å².